The van der Waals surface area contributed by atoms with Gasteiger partial charge in [-0.3, -0.25) is 15.0 Å². The summed E-state index contributed by atoms with van der Waals surface area (Å²) in [6, 6.07) is 4.33. The number of halogens is 1. The quantitative estimate of drug-likeness (QED) is 0.739. The van der Waals surface area contributed by atoms with E-state index in [1.54, 1.807) is 6.92 Å². The summed E-state index contributed by atoms with van der Waals surface area (Å²) in [5.74, 6) is -1.21. The molecule has 1 aromatic carbocycles. The molecule has 1 aliphatic carbocycles. The summed E-state index contributed by atoms with van der Waals surface area (Å²) in [6.07, 6.45) is 4.01. The molecule has 1 aliphatic heterocycles. The molecule has 2 fully saturated rings. The third-order valence-corrected chi connectivity index (χ3v) is 7.51. The third kappa shape index (κ3) is 5.12. The van der Waals surface area contributed by atoms with Crippen molar-refractivity contribution in [2.75, 3.05) is 26.2 Å². The number of rotatable bonds is 5. The lowest BCUT2D eigenvalue weighted by molar-refractivity contribution is -0.125. The molecule has 0 spiro atoms. The number of carbonyl (C=O) groups excluding carboxylic acids is 2. The minimum Gasteiger partial charge on any atom is -0.335 e. The number of sulfonamides is 1. The normalized spacial score (nSPS) is 20.3. The predicted molar refractivity (Wildman–Crippen MR) is 105 cm³/mol. The number of hydrogen-bond donors (Lipinski definition) is 2. The minimum atomic E-state index is -3.93. The maximum absolute atomic E-state index is 13.9. The number of benzene rings is 1. The van der Waals surface area contributed by atoms with Gasteiger partial charge in [0.15, 0.2) is 0 Å². The Bertz CT molecular complexity index is 850. The Kier molecular flexibility index (Phi) is 6.86. The zero-order valence-corrected chi connectivity index (χ0v) is 17.3. The largest absolute Gasteiger partial charge is 0.335 e. The number of hydrogen-bond acceptors (Lipinski definition) is 5. The molecule has 2 N–H and O–H groups in total. The number of nitrogens with one attached hydrogen (secondary N) is 2. The van der Waals surface area contributed by atoms with Gasteiger partial charge in [-0.1, -0.05) is 25.0 Å². The van der Waals surface area contributed by atoms with E-state index < -0.39 is 33.8 Å². The number of amides is 3. The molecular weight excluding hydrogens is 399 g/mol. The van der Waals surface area contributed by atoms with Crippen molar-refractivity contribution in [2.24, 2.45) is 0 Å². The molecule has 160 valence electrons. The molecule has 1 saturated carbocycles. The fraction of sp³-hybridized carbons (Fsp3) is 0.579. The van der Waals surface area contributed by atoms with Crippen molar-refractivity contribution in [3.8, 4) is 0 Å². The standard InChI is InChI=1S/C19H27FN4O4S/c1-14(18(25)22-19(26)21-15-6-2-3-7-15)23-10-12-24(13-11-23)29(27,28)17-9-5-4-8-16(17)20/h4-5,8-9,14-15H,2-3,6-7,10-13H2,1H3,(H2,21,22,25,26)/t14-/m0/s1. The Hall–Kier alpha value is -2.04. The Morgan fingerprint density at radius 2 is 1.72 bits per heavy atom. The summed E-state index contributed by atoms with van der Waals surface area (Å²) in [4.78, 5) is 25.8. The average Bonchev–Trinajstić information content (AvgIpc) is 3.20. The van der Waals surface area contributed by atoms with Crippen LogP contribution in [0.4, 0.5) is 9.18 Å². The molecule has 0 bridgehead atoms. The van der Waals surface area contributed by atoms with Crippen LogP contribution in [0.2, 0.25) is 0 Å². The van der Waals surface area contributed by atoms with E-state index in [4.69, 9.17) is 0 Å². The smallest absolute Gasteiger partial charge is 0.321 e. The summed E-state index contributed by atoms with van der Waals surface area (Å²) < 4.78 is 40.5. The first-order valence-electron chi connectivity index (χ1n) is 9.89. The zero-order valence-electron chi connectivity index (χ0n) is 16.4. The number of urea groups is 1. The van der Waals surface area contributed by atoms with E-state index in [0.29, 0.717) is 13.1 Å². The number of piperazine rings is 1. The van der Waals surface area contributed by atoms with Crippen molar-refractivity contribution in [3.63, 3.8) is 0 Å². The molecule has 0 aromatic heterocycles. The van der Waals surface area contributed by atoms with Crippen molar-refractivity contribution in [1.29, 1.82) is 0 Å². The van der Waals surface area contributed by atoms with E-state index in [1.807, 2.05) is 4.90 Å². The highest BCUT2D eigenvalue weighted by Crippen LogP contribution is 2.21. The highest BCUT2D eigenvalue weighted by Gasteiger charge is 2.33. The highest BCUT2D eigenvalue weighted by molar-refractivity contribution is 7.89. The minimum absolute atomic E-state index is 0.116. The molecule has 10 heteroatoms. The lowest BCUT2D eigenvalue weighted by Crippen LogP contribution is -2.56. The fourth-order valence-corrected chi connectivity index (χ4v) is 5.29. The van der Waals surface area contributed by atoms with E-state index in [-0.39, 0.29) is 24.0 Å². The molecular formula is C19H27FN4O4S. The maximum Gasteiger partial charge on any atom is 0.321 e. The molecule has 1 heterocycles. The van der Waals surface area contributed by atoms with Crippen LogP contribution in [0.5, 0.6) is 0 Å². The second kappa shape index (κ2) is 9.19. The lowest BCUT2D eigenvalue weighted by Gasteiger charge is -2.36. The van der Waals surface area contributed by atoms with E-state index in [0.717, 1.165) is 31.7 Å². The first-order valence-corrected chi connectivity index (χ1v) is 11.3. The van der Waals surface area contributed by atoms with Crippen LogP contribution >= 0.6 is 0 Å². The van der Waals surface area contributed by atoms with Gasteiger partial charge < -0.3 is 5.32 Å². The summed E-state index contributed by atoms with van der Waals surface area (Å²) in [5.41, 5.74) is 0. The van der Waals surface area contributed by atoms with Crippen molar-refractivity contribution in [1.82, 2.24) is 19.8 Å². The van der Waals surface area contributed by atoms with E-state index in [1.165, 1.54) is 22.5 Å². The van der Waals surface area contributed by atoms with E-state index in [2.05, 4.69) is 10.6 Å². The molecule has 1 atom stereocenters. The van der Waals surface area contributed by atoms with Gasteiger partial charge in [0.2, 0.25) is 15.9 Å². The first-order chi connectivity index (χ1) is 13.8. The maximum atomic E-state index is 13.9. The van der Waals surface area contributed by atoms with Crippen molar-refractivity contribution >= 4 is 22.0 Å². The van der Waals surface area contributed by atoms with Gasteiger partial charge >= 0.3 is 6.03 Å². The van der Waals surface area contributed by atoms with Gasteiger partial charge in [0.1, 0.15) is 10.7 Å². The SMILES string of the molecule is C[C@@H](C(=O)NC(=O)NC1CCCC1)N1CCN(S(=O)(=O)c2ccccc2F)CC1. The predicted octanol–water partition coefficient (Wildman–Crippen LogP) is 1.29. The average molecular weight is 427 g/mol. The van der Waals surface area contributed by atoms with Gasteiger partial charge in [0, 0.05) is 32.2 Å². The second-order valence-electron chi connectivity index (χ2n) is 7.49. The van der Waals surface area contributed by atoms with Gasteiger partial charge in [-0.2, -0.15) is 4.31 Å². The van der Waals surface area contributed by atoms with Crippen LogP contribution in [-0.4, -0.2) is 67.8 Å². The first kappa shape index (κ1) is 21.7. The molecule has 8 nitrogen and oxygen atoms in total. The number of carbonyl (C=O) groups is 2. The topological polar surface area (TPSA) is 98.8 Å². The van der Waals surface area contributed by atoms with E-state index in [9.17, 15) is 22.4 Å². The molecule has 0 radical (unpaired) electrons. The van der Waals surface area contributed by atoms with Crippen LogP contribution in [0.3, 0.4) is 0 Å². The van der Waals surface area contributed by atoms with Gasteiger partial charge in [0.05, 0.1) is 6.04 Å². The molecule has 3 rings (SSSR count). The summed E-state index contributed by atoms with van der Waals surface area (Å²) in [7, 11) is -3.93. The Morgan fingerprint density at radius 3 is 2.34 bits per heavy atom. The van der Waals surface area contributed by atoms with Crippen molar-refractivity contribution in [3.05, 3.63) is 30.1 Å². The van der Waals surface area contributed by atoms with Crippen LogP contribution in [0.1, 0.15) is 32.6 Å². The van der Waals surface area contributed by atoms with Gasteiger partial charge in [0.25, 0.3) is 0 Å². The molecule has 29 heavy (non-hydrogen) atoms. The third-order valence-electron chi connectivity index (χ3n) is 5.58. The summed E-state index contributed by atoms with van der Waals surface area (Å²) >= 11 is 0. The van der Waals surface area contributed by atoms with Crippen molar-refractivity contribution < 1.29 is 22.4 Å². The molecule has 1 aromatic rings. The molecule has 3 amide bonds. The second-order valence-corrected chi connectivity index (χ2v) is 9.40. The lowest BCUT2D eigenvalue weighted by atomic mass is 10.2. The highest BCUT2D eigenvalue weighted by atomic mass is 32.2. The van der Waals surface area contributed by atoms with Crippen LogP contribution in [0.25, 0.3) is 0 Å². The number of nitrogens with zero attached hydrogens (tertiary/aromatic N) is 2. The molecule has 0 unspecified atom stereocenters. The summed E-state index contributed by atoms with van der Waals surface area (Å²) in [5, 5.41) is 5.17. The van der Waals surface area contributed by atoms with E-state index >= 15 is 0 Å². The Morgan fingerprint density at radius 1 is 1.10 bits per heavy atom. The van der Waals surface area contributed by atoms with Crippen LogP contribution in [0, 0.1) is 5.82 Å². The monoisotopic (exact) mass is 426 g/mol. The number of imide groups is 1. The van der Waals surface area contributed by atoms with Gasteiger partial charge in [-0.05, 0) is 31.9 Å². The van der Waals surface area contributed by atoms with Gasteiger partial charge in [-0.15, -0.1) is 0 Å². The van der Waals surface area contributed by atoms with Crippen LogP contribution in [0.15, 0.2) is 29.2 Å². The fourth-order valence-electron chi connectivity index (χ4n) is 3.80. The molecule has 1 saturated heterocycles. The Labute approximate surface area is 170 Å². The van der Waals surface area contributed by atoms with Crippen LogP contribution in [-0.2, 0) is 14.8 Å². The summed E-state index contributed by atoms with van der Waals surface area (Å²) in [6.45, 7) is 2.59. The van der Waals surface area contributed by atoms with Gasteiger partial charge in [-0.25, -0.2) is 17.6 Å². The molecule has 2 aliphatic rings. The van der Waals surface area contributed by atoms with Crippen LogP contribution < -0.4 is 10.6 Å². The van der Waals surface area contributed by atoms with Crippen molar-refractivity contribution in [2.45, 2.75) is 49.6 Å². The zero-order chi connectivity index (χ0) is 21.0. The Balaban J connectivity index is 1.52.